The summed E-state index contributed by atoms with van der Waals surface area (Å²) in [6, 6.07) is 31.8. The van der Waals surface area contributed by atoms with Crippen molar-refractivity contribution >= 4 is 33.2 Å². The van der Waals surface area contributed by atoms with Crippen LogP contribution in [-0.4, -0.2) is 19.6 Å². The Labute approximate surface area is 225 Å². The number of benzene rings is 4. The van der Waals surface area contributed by atoms with Crippen LogP contribution in [0.2, 0.25) is 0 Å². The molecule has 6 heteroatoms. The summed E-state index contributed by atoms with van der Waals surface area (Å²) in [5.74, 6) is 1.11. The largest absolute Gasteiger partial charge is 0.493 e. The Kier molecular flexibility index (Phi) is 7.28. The van der Waals surface area contributed by atoms with Gasteiger partial charge in [0.05, 0.1) is 22.8 Å². The highest BCUT2D eigenvalue weighted by atomic mass is 79.9. The number of amides is 1. The number of ether oxygens (including phenoxy) is 2. The van der Waals surface area contributed by atoms with E-state index in [1.54, 1.807) is 13.2 Å². The molecule has 5 nitrogen and oxygen atoms in total. The number of hydrogen-bond acceptors (Lipinski definition) is 4. The molecule has 0 spiro atoms. The van der Waals surface area contributed by atoms with Crippen LogP contribution >= 0.6 is 15.9 Å². The maximum atomic E-state index is 14.1. The van der Waals surface area contributed by atoms with E-state index in [0.29, 0.717) is 30.2 Å². The quantitative estimate of drug-likeness (QED) is 0.213. The minimum Gasteiger partial charge on any atom is -0.493 e. The van der Waals surface area contributed by atoms with E-state index in [2.05, 4.69) is 39.5 Å². The average molecular weight is 555 g/mol. The lowest BCUT2D eigenvalue weighted by Crippen LogP contribution is -2.49. The average Bonchev–Trinajstić information content (AvgIpc) is 2.94. The van der Waals surface area contributed by atoms with Gasteiger partial charge in [-0.15, -0.1) is 0 Å². The molecule has 0 aliphatic carbocycles. The van der Waals surface area contributed by atoms with E-state index < -0.39 is 6.17 Å². The lowest BCUT2D eigenvalue weighted by atomic mass is 9.98. The summed E-state index contributed by atoms with van der Waals surface area (Å²) >= 11 is 3.68. The summed E-state index contributed by atoms with van der Waals surface area (Å²) in [4.78, 5) is 18.2. The first kappa shape index (κ1) is 24.7. The highest BCUT2D eigenvalue weighted by Crippen LogP contribution is 2.46. The van der Waals surface area contributed by atoms with Crippen molar-refractivity contribution in [1.29, 1.82) is 0 Å². The molecule has 1 atom stereocenters. The van der Waals surface area contributed by atoms with E-state index in [4.69, 9.17) is 9.47 Å². The Bertz CT molecular complexity index is 1410. The van der Waals surface area contributed by atoms with Crippen molar-refractivity contribution in [2.24, 2.45) is 0 Å². The second-order valence-corrected chi connectivity index (χ2v) is 9.50. The number of hydrogen-bond donors (Lipinski definition) is 0. The summed E-state index contributed by atoms with van der Waals surface area (Å²) in [5.41, 5.74) is 4.39. The van der Waals surface area contributed by atoms with E-state index in [9.17, 15) is 4.79 Å². The van der Waals surface area contributed by atoms with Gasteiger partial charge in [0.25, 0.3) is 5.91 Å². The lowest BCUT2D eigenvalue weighted by Gasteiger charge is -2.46. The van der Waals surface area contributed by atoms with Crippen molar-refractivity contribution in [3.05, 3.63) is 131 Å². The van der Waals surface area contributed by atoms with Crippen molar-refractivity contribution in [1.82, 2.24) is 0 Å². The van der Waals surface area contributed by atoms with Gasteiger partial charge in [0, 0.05) is 17.8 Å². The molecule has 186 valence electrons. The third kappa shape index (κ3) is 4.85. The molecular formula is C31H27BrN2O3. The van der Waals surface area contributed by atoms with Crippen LogP contribution in [0.1, 0.15) is 27.7 Å². The predicted molar refractivity (Wildman–Crippen MR) is 151 cm³/mol. The topological polar surface area (TPSA) is 42.0 Å². The number of nitrogens with zero attached hydrogens (tertiary/aromatic N) is 2. The zero-order chi connectivity index (χ0) is 25.8. The van der Waals surface area contributed by atoms with Gasteiger partial charge >= 0.3 is 0 Å². The second kappa shape index (κ2) is 10.9. The number of carbonyl (C=O) groups is 1. The number of rotatable bonds is 8. The Morgan fingerprint density at radius 1 is 0.946 bits per heavy atom. The first-order chi connectivity index (χ1) is 18.1. The normalized spacial score (nSPS) is 14.8. The molecule has 0 bridgehead atoms. The molecule has 4 aromatic rings. The predicted octanol–water partition coefficient (Wildman–Crippen LogP) is 7.39. The number of carbonyl (C=O) groups excluding carboxylic acids is 1. The second-order valence-electron chi connectivity index (χ2n) is 8.65. The molecular weight excluding hydrogens is 528 g/mol. The van der Waals surface area contributed by atoms with E-state index in [1.807, 2.05) is 89.8 Å². The van der Waals surface area contributed by atoms with Crippen LogP contribution in [0.5, 0.6) is 11.5 Å². The molecule has 0 aromatic heterocycles. The molecule has 5 rings (SSSR count). The van der Waals surface area contributed by atoms with Crippen LogP contribution in [0.3, 0.4) is 0 Å². The number of fused-ring (bicyclic) bond motifs is 1. The maximum Gasteiger partial charge on any atom is 0.262 e. The van der Waals surface area contributed by atoms with Gasteiger partial charge in [0.2, 0.25) is 0 Å². The molecule has 0 saturated carbocycles. The van der Waals surface area contributed by atoms with Crippen LogP contribution in [-0.2, 0) is 6.54 Å². The molecule has 0 N–H and O–H groups in total. The summed E-state index contributed by atoms with van der Waals surface area (Å²) < 4.78 is 12.4. The van der Waals surface area contributed by atoms with Crippen molar-refractivity contribution in [2.45, 2.75) is 12.7 Å². The molecule has 1 amide bonds. The fourth-order valence-corrected chi connectivity index (χ4v) is 5.29. The molecule has 0 saturated heterocycles. The third-order valence-corrected chi connectivity index (χ3v) is 6.92. The van der Waals surface area contributed by atoms with Crippen molar-refractivity contribution < 1.29 is 14.3 Å². The highest BCUT2D eigenvalue weighted by Gasteiger charge is 2.40. The fraction of sp³-hybridized carbons (Fsp3) is 0.129. The van der Waals surface area contributed by atoms with Gasteiger partial charge in [-0.3, -0.25) is 9.69 Å². The third-order valence-electron chi connectivity index (χ3n) is 6.33. The Morgan fingerprint density at radius 3 is 2.32 bits per heavy atom. The van der Waals surface area contributed by atoms with Crippen LogP contribution in [0, 0.1) is 0 Å². The summed E-state index contributed by atoms with van der Waals surface area (Å²) in [5, 5.41) is 0. The Balaban J connectivity index is 1.73. The first-order valence-electron chi connectivity index (χ1n) is 12.0. The van der Waals surface area contributed by atoms with Gasteiger partial charge in [-0.1, -0.05) is 73.3 Å². The van der Waals surface area contributed by atoms with Gasteiger partial charge in [-0.25, -0.2) is 0 Å². The molecule has 0 unspecified atom stereocenters. The van der Waals surface area contributed by atoms with E-state index in [1.165, 1.54) is 0 Å². The van der Waals surface area contributed by atoms with Gasteiger partial charge in [-0.2, -0.15) is 0 Å². The molecule has 1 heterocycles. The van der Waals surface area contributed by atoms with Gasteiger partial charge < -0.3 is 14.4 Å². The standard InChI is InChI=1S/C31H27BrN2O3/c1-3-18-37-29-26(32)19-23(20-28(29)36-2)30-33(21-22-12-6-4-7-13-22)27-17-11-10-16-25(27)31(35)34(30)24-14-8-5-9-15-24/h3-17,19-20,30H,1,18,21H2,2H3/t30-/m1/s1. The van der Waals surface area contributed by atoms with Crippen molar-refractivity contribution in [3.63, 3.8) is 0 Å². The summed E-state index contributed by atoms with van der Waals surface area (Å²) in [7, 11) is 1.62. The highest BCUT2D eigenvalue weighted by molar-refractivity contribution is 9.10. The molecule has 37 heavy (non-hydrogen) atoms. The van der Waals surface area contributed by atoms with E-state index >= 15 is 0 Å². The van der Waals surface area contributed by atoms with Gasteiger partial charge in [-0.05, 0) is 57.9 Å². The van der Waals surface area contributed by atoms with Crippen LogP contribution in [0.25, 0.3) is 0 Å². The monoisotopic (exact) mass is 554 g/mol. The fourth-order valence-electron chi connectivity index (χ4n) is 4.72. The SMILES string of the molecule is C=CCOc1c(Br)cc([C@@H]2N(Cc3ccccc3)c3ccccc3C(=O)N2c2ccccc2)cc1OC. The number of methoxy groups -OCH3 is 1. The molecule has 4 aromatic carbocycles. The summed E-state index contributed by atoms with van der Waals surface area (Å²) in [6.45, 7) is 4.69. The minimum atomic E-state index is -0.441. The lowest BCUT2D eigenvalue weighted by molar-refractivity contribution is 0.0968. The number of anilines is 2. The smallest absolute Gasteiger partial charge is 0.262 e. The molecule has 1 aliphatic rings. The molecule has 1 aliphatic heterocycles. The van der Waals surface area contributed by atoms with Crippen LogP contribution < -0.4 is 19.3 Å². The van der Waals surface area contributed by atoms with Crippen molar-refractivity contribution in [2.75, 3.05) is 23.5 Å². The van der Waals surface area contributed by atoms with Crippen LogP contribution in [0.4, 0.5) is 11.4 Å². The molecule has 0 radical (unpaired) electrons. The minimum absolute atomic E-state index is 0.0572. The maximum absolute atomic E-state index is 14.1. The first-order valence-corrected chi connectivity index (χ1v) is 12.8. The van der Waals surface area contributed by atoms with Crippen LogP contribution in [0.15, 0.2) is 114 Å². The van der Waals surface area contributed by atoms with Crippen molar-refractivity contribution in [3.8, 4) is 11.5 Å². The Morgan fingerprint density at radius 2 is 1.62 bits per heavy atom. The number of para-hydroxylation sites is 2. The van der Waals surface area contributed by atoms with Gasteiger partial charge in [0.15, 0.2) is 11.5 Å². The Hall–Kier alpha value is -4.03. The van der Waals surface area contributed by atoms with E-state index in [0.717, 1.165) is 27.0 Å². The van der Waals surface area contributed by atoms with E-state index in [-0.39, 0.29) is 5.91 Å². The number of halogens is 1. The molecule has 0 fully saturated rings. The summed E-state index contributed by atoms with van der Waals surface area (Å²) in [6.07, 6.45) is 1.25. The zero-order valence-electron chi connectivity index (χ0n) is 20.5. The zero-order valence-corrected chi connectivity index (χ0v) is 22.1. The van der Waals surface area contributed by atoms with Gasteiger partial charge in [0.1, 0.15) is 12.8 Å².